The van der Waals surface area contributed by atoms with Crippen LogP contribution in [-0.2, 0) is 19.1 Å². The zero-order valence-electron chi connectivity index (χ0n) is 12.5. The Morgan fingerprint density at radius 2 is 1.68 bits per heavy atom. The van der Waals surface area contributed by atoms with E-state index < -0.39 is 23.5 Å². The van der Waals surface area contributed by atoms with Crippen LogP contribution in [0.1, 0.15) is 41.5 Å². The third-order valence-electron chi connectivity index (χ3n) is 2.14. The molecule has 0 aliphatic carbocycles. The molecule has 1 atom stereocenters. The van der Waals surface area contributed by atoms with Crippen molar-refractivity contribution in [1.82, 2.24) is 10.6 Å². The number of hydrogen-bond acceptors (Lipinski definition) is 4. The van der Waals surface area contributed by atoms with Crippen molar-refractivity contribution in [2.75, 3.05) is 6.54 Å². The molecule has 0 saturated carbocycles. The van der Waals surface area contributed by atoms with Crippen LogP contribution < -0.4 is 10.6 Å². The van der Waals surface area contributed by atoms with Crippen LogP contribution in [0.25, 0.3) is 0 Å². The van der Waals surface area contributed by atoms with Crippen LogP contribution in [0.5, 0.6) is 0 Å². The zero-order chi connectivity index (χ0) is 15.2. The highest BCUT2D eigenvalue weighted by molar-refractivity contribution is 5.88. The van der Waals surface area contributed by atoms with Crippen molar-refractivity contribution in [3.05, 3.63) is 0 Å². The summed E-state index contributed by atoms with van der Waals surface area (Å²) in [4.78, 5) is 34.3. The molecule has 0 heterocycles. The minimum Gasteiger partial charge on any atom is -0.458 e. The van der Waals surface area contributed by atoms with Gasteiger partial charge >= 0.3 is 5.97 Å². The molecule has 0 aliphatic rings. The predicted octanol–water partition coefficient (Wildman–Crippen LogP) is 0.605. The van der Waals surface area contributed by atoms with Gasteiger partial charge in [0, 0.05) is 6.92 Å². The monoisotopic (exact) mass is 272 g/mol. The summed E-state index contributed by atoms with van der Waals surface area (Å²) in [5, 5.41) is 4.94. The average molecular weight is 272 g/mol. The van der Waals surface area contributed by atoms with Crippen molar-refractivity contribution in [3.8, 4) is 0 Å². The number of hydrogen-bond donors (Lipinski definition) is 2. The lowest BCUT2D eigenvalue weighted by atomic mass is 10.0. The van der Waals surface area contributed by atoms with Crippen LogP contribution in [0.2, 0.25) is 0 Å². The molecule has 19 heavy (non-hydrogen) atoms. The first-order chi connectivity index (χ1) is 8.53. The molecular weight excluding hydrogens is 248 g/mol. The van der Waals surface area contributed by atoms with Gasteiger partial charge in [0.25, 0.3) is 0 Å². The van der Waals surface area contributed by atoms with Crippen LogP contribution in [0.15, 0.2) is 0 Å². The highest BCUT2D eigenvalue weighted by atomic mass is 16.6. The van der Waals surface area contributed by atoms with Crippen LogP contribution >= 0.6 is 0 Å². The molecule has 6 nitrogen and oxygen atoms in total. The summed E-state index contributed by atoms with van der Waals surface area (Å²) >= 11 is 0. The molecule has 2 N–H and O–H groups in total. The largest absolute Gasteiger partial charge is 0.458 e. The summed E-state index contributed by atoms with van der Waals surface area (Å²) in [5.41, 5.74) is -0.605. The lowest BCUT2D eigenvalue weighted by molar-refractivity contribution is -0.159. The number of amides is 2. The predicted molar refractivity (Wildman–Crippen MR) is 71.3 cm³/mol. The molecule has 6 heteroatoms. The van der Waals surface area contributed by atoms with E-state index in [4.69, 9.17) is 4.74 Å². The van der Waals surface area contributed by atoms with Gasteiger partial charge in [0.1, 0.15) is 11.6 Å². The molecule has 110 valence electrons. The van der Waals surface area contributed by atoms with Crippen molar-refractivity contribution in [1.29, 1.82) is 0 Å². The molecule has 0 fully saturated rings. The summed E-state index contributed by atoms with van der Waals surface area (Å²) in [6.45, 7) is 10.1. The second-order valence-corrected chi connectivity index (χ2v) is 5.73. The Kier molecular flexibility index (Phi) is 6.52. The summed E-state index contributed by atoms with van der Waals surface area (Å²) in [6, 6.07) is -0.722. The second kappa shape index (κ2) is 7.11. The van der Waals surface area contributed by atoms with Gasteiger partial charge < -0.3 is 15.4 Å². The number of carbonyl (C=O) groups is 3. The highest BCUT2D eigenvalue weighted by Crippen LogP contribution is 2.12. The molecule has 0 aromatic heterocycles. The van der Waals surface area contributed by atoms with E-state index in [-0.39, 0.29) is 18.4 Å². The van der Waals surface area contributed by atoms with Gasteiger partial charge in [-0.05, 0) is 26.7 Å². The lowest BCUT2D eigenvalue weighted by Gasteiger charge is -2.26. The van der Waals surface area contributed by atoms with Gasteiger partial charge in [-0.25, -0.2) is 4.79 Å². The van der Waals surface area contributed by atoms with Crippen LogP contribution in [0.4, 0.5) is 0 Å². The van der Waals surface area contributed by atoms with E-state index in [1.54, 1.807) is 20.8 Å². The first kappa shape index (κ1) is 17.4. The van der Waals surface area contributed by atoms with E-state index in [2.05, 4.69) is 10.6 Å². The topological polar surface area (TPSA) is 84.5 Å². The van der Waals surface area contributed by atoms with Crippen molar-refractivity contribution in [3.63, 3.8) is 0 Å². The Labute approximate surface area is 114 Å². The smallest absolute Gasteiger partial charge is 0.329 e. The fourth-order valence-electron chi connectivity index (χ4n) is 1.29. The molecule has 0 aromatic rings. The van der Waals surface area contributed by atoms with Gasteiger partial charge in [-0.2, -0.15) is 0 Å². The Hall–Kier alpha value is -1.59. The van der Waals surface area contributed by atoms with Crippen molar-refractivity contribution >= 4 is 17.8 Å². The van der Waals surface area contributed by atoms with Crippen molar-refractivity contribution in [2.45, 2.75) is 53.2 Å². The summed E-state index contributed by atoms with van der Waals surface area (Å²) < 4.78 is 5.25. The Morgan fingerprint density at radius 1 is 1.16 bits per heavy atom. The van der Waals surface area contributed by atoms with E-state index in [1.165, 1.54) is 6.92 Å². The minimum absolute atomic E-state index is 0.101. The van der Waals surface area contributed by atoms with Crippen LogP contribution in [-0.4, -0.2) is 36.0 Å². The van der Waals surface area contributed by atoms with Crippen LogP contribution in [0, 0.1) is 5.92 Å². The zero-order valence-corrected chi connectivity index (χ0v) is 12.5. The van der Waals surface area contributed by atoms with Gasteiger partial charge in [-0.15, -0.1) is 0 Å². The van der Waals surface area contributed by atoms with E-state index >= 15 is 0 Å². The number of rotatable bonds is 5. The first-order valence-corrected chi connectivity index (χ1v) is 6.29. The Bertz CT molecular complexity index is 345. The standard InChI is InChI=1S/C13H24N2O4/c1-8(2)11(12(18)19-13(4,5)6)15-10(17)7-14-9(3)16/h8,11H,7H2,1-6H3,(H,14,16)(H,15,17)/t11-/m1/s1. The highest BCUT2D eigenvalue weighted by Gasteiger charge is 2.28. The maximum atomic E-state index is 11.9. The Balaban J connectivity index is 4.53. The normalized spacial score (nSPS) is 12.8. The molecule has 0 saturated heterocycles. The average Bonchev–Trinajstić information content (AvgIpc) is 2.19. The maximum absolute atomic E-state index is 11.9. The number of carbonyl (C=O) groups excluding carboxylic acids is 3. The first-order valence-electron chi connectivity index (χ1n) is 6.29. The molecule has 0 radical (unpaired) electrons. The fraction of sp³-hybridized carbons (Fsp3) is 0.769. The van der Waals surface area contributed by atoms with Gasteiger partial charge in [-0.3, -0.25) is 9.59 Å². The molecule has 0 rings (SSSR count). The van der Waals surface area contributed by atoms with Gasteiger partial charge in [-0.1, -0.05) is 13.8 Å². The number of nitrogens with one attached hydrogen (secondary N) is 2. The number of ether oxygens (including phenoxy) is 1. The van der Waals surface area contributed by atoms with Gasteiger partial charge in [0.2, 0.25) is 11.8 Å². The van der Waals surface area contributed by atoms with Gasteiger partial charge in [0.15, 0.2) is 0 Å². The molecule has 0 aromatic carbocycles. The fourth-order valence-corrected chi connectivity index (χ4v) is 1.29. The van der Waals surface area contributed by atoms with Crippen molar-refractivity contribution < 1.29 is 19.1 Å². The number of esters is 1. The summed E-state index contributed by atoms with van der Waals surface area (Å²) in [6.07, 6.45) is 0. The molecule has 0 aliphatic heterocycles. The molecule has 0 bridgehead atoms. The molecule has 2 amide bonds. The SMILES string of the molecule is CC(=O)NCC(=O)N[C@@H](C(=O)OC(C)(C)C)C(C)C. The van der Waals surface area contributed by atoms with E-state index in [0.717, 1.165) is 0 Å². The van der Waals surface area contributed by atoms with E-state index in [1.807, 2.05) is 13.8 Å². The second-order valence-electron chi connectivity index (χ2n) is 5.73. The quantitative estimate of drug-likeness (QED) is 0.718. The van der Waals surface area contributed by atoms with E-state index in [0.29, 0.717) is 0 Å². The Morgan fingerprint density at radius 3 is 2.05 bits per heavy atom. The summed E-state index contributed by atoms with van der Waals surface area (Å²) in [7, 11) is 0. The third-order valence-corrected chi connectivity index (χ3v) is 2.14. The maximum Gasteiger partial charge on any atom is 0.329 e. The molecule has 0 unspecified atom stereocenters. The third kappa shape index (κ3) is 8.18. The van der Waals surface area contributed by atoms with Crippen molar-refractivity contribution in [2.24, 2.45) is 5.92 Å². The van der Waals surface area contributed by atoms with E-state index in [9.17, 15) is 14.4 Å². The molecule has 0 spiro atoms. The van der Waals surface area contributed by atoms with Crippen LogP contribution in [0.3, 0.4) is 0 Å². The molecular formula is C13H24N2O4. The summed E-state index contributed by atoms with van der Waals surface area (Å²) in [5.74, 6) is -1.29. The van der Waals surface area contributed by atoms with Gasteiger partial charge in [0.05, 0.1) is 6.54 Å². The lowest BCUT2D eigenvalue weighted by Crippen LogP contribution is -2.49. The minimum atomic E-state index is -0.722.